The smallest absolute Gasteiger partial charge is 0.242 e. The Morgan fingerprint density at radius 1 is 1.53 bits per heavy atom. The van der Waals surface area contributed by atoms with Gasteiger partial charge in [-0.05, 0) is 37.0 Å². The van der Waals surface area contributed by atoms with Gasteiger partial charge in [0.05, 0.1) is 23.4 Å². The van der Waals surface area contributed by atoms with Crippen molar-refractivity contribution in [3.63, 3.8) is 0 Å². The summed E-state index contributed by atoms with van der Waals surface area (Å²) in [6.45, 7) is -0.0214. The predicted molar refractivity (Wildman–Crippen MR) is 69.5 cm³/mol. The maximum Gasteiger partial charge on any atom is 0.242 e. The van der Waals surface area contributed by atoms with Crippen molar-refractivity contribution in [3.05, 3.63) is 23.8 Å². The van der Waals surface area contributed by atoms with Crippen LogP contribution in [-0.2, 0) is 10.0 Å². The predicted octanol–water partition coefficient (Wildman–Crippen LogP) is 0.190. The average molecular weight is 281 g/mol. The van der Waals surface area contributed by atoms with Crippen LogP contribution in [0.4, 0.5) is 5.69 Å². The highest BCUT2D eigenvalue weighted by Crippen LogP contribution is 2.32. The summed E-state index contributed by atoms with van der Waals surface area (Å²) in [4.78, 5) is -0.0745. The van der Waals surface area contributed by atoms with E-state index in [4.69, 9.17) is 11.0 Å². The highest BCUT2D eigenvalue weighted by atomic mass is 32.2. The van der Waals surface area contributed by atoms with E-state index in [9.17, 15) is 13.5 Å². The Morgan fingerprint density at radius 2 is 2.21 bits per heavy atom. The first kappa shape index (κ1) is 13.8. The molecule has 1 unspecified atom stereocenters. The van der Waals surface area contributed by atoms with Crippen LogP contribution in [0.1, 0.15) is 18.4 Å². The number of hydrogen-bond donors (Lipinski definition) is 3. The Kier molecular flexibility index (Phi) is 3.75. The van der Waals surface area contributed by atoms with Crippen molar-refractivity contribution < 1.29 is 13.5 Å². The number of aliphatic hydroxyl groups is 1. The van der Waals surface area contributed by atoms with Gasteiger partial charge < -0.3 is 10.8 Å². The molecule has 0 bridgehead atoms. The standard InChI is InChI=1S/C12H15N3O3S/c13-6-8-1-4-12(10(14)5-8)19(17,18)15-7-11(16)9-2-3-9/h1,4-5,9,11,15-16H,2-3,7,14H2. The summed E-state index contributed by atoms with van der Waals surface area (Å²) in [6, 6.07) is 5.88. The van der Waals surface area contributed by atoms with Gasteiger partial charge in [-0.15, -0.1) is 0 Å². The van der Waals surface area contributed by atoms with Crippen molar-refractivity contribution in [1.29, 1.82) is 5.26 Å². The van der Waals surface area contributed by atoms with Crippen molar-refractivity contribution in [2.45, 2.75) is 23.8 Å². The van der Waals surface area contributed by atoms with Gasteiger partial charge in [0.1, 0.15) is 4.90 Å². The Morgan fingerprint density at radius 3 is 2.74 bits per heavy atom. The van der Waals surface area contributed by atoms with Crippen LogP contribution in [0, 0.1) is 17.2 Å². The van der Waals surface area contributed by atoms with Gasteiger partial charge in [0.25, 0.3) is 0 Å². The number of nitrogen functional groups attached to an aromatic ring is 1. The van der Waals surface area contributed by atoms with E-state index in [-0.39, 0.29) is 23.0 Å². The third kappa shape index (κ3) is 3.23. The molecule has 1 aromatic rings. The van der Waals surface area contributed by atoms with Crippen LogP contribution in [0.3, 0.4) is 0 Å². The summed E-state index contributed by atoms with van der Waals surface area (Å²) >= 11 is 0. The van der Waals surface area contributed by atoms with Gasteiger partial charge in [0.15, 0.2) is 0 Å². The van der Waals surface area contributed by atoms with Crippen molar-refractivity contribution in [2.75, 3.05) is 12.3 Å². The molecule has 0 spiro atoms. The number of anilines is 1. The van der Waals surface area contributed by atoms with Gasteiger partial charge in [-0.3, -0.25) is 0 Å². The Labute approximate surface area is 111 Å². The molecule has 6 nitrogen and oxygen atoms in total. The molecule has 1 atom stereocenters. The Hall–Kier alpha value is -1.62. The monoisotopic (exact) mass is 281 g/mol. The van der Waals surface area contributed by atoms with Crippen molar-refractivity contribution in [3.8, 4) is 6.07 Å². The van der Waals surface area contributed by atoms with Gasteiger partial charge in [0, 0.05) is 6.54 Å². The average Bonchev–Trinajstić information content (AvgIpc) is 3.19. The lowest BCUT2D eigenvalue weighted by atomic mass is 10.2. The fourth-order valence-corrected chi connectivity index (χ4v) is 2.95. The summed E-state index contributed by atoms with van der Waals surface area (Å²) < 4.78 is 26.4. The molecule has 7 heteroatoms. The first-order chi connectivity index (χ1) is 8.94. The molecule has 1 fully saturated rings. The number of nitrogens with one attached hydrogen (secondary N) is 1. The lowest BCUT2D eigenvalue weighted by Crippen LogP contribution is -2.33. The molecule has 0 radical (unpaired) electrons. The molecule has 0 aromatic heterocycles. The number of benzene rings is 1. The quantitative estimate of drug-likeness (QED) is 0.666. The zero-order valence-electron chi connectivity index (χ0n) is 10.2. The Balaban J connectivity index is 2.12. The van der Waals surface area contributed by atoms with Crippen molar-refractivity contribution in [1.82, 2.24) is 4.72 Å². The normalized spacial score (nSPS) is 16.8. The molecule has 1 aliphatic rings. The zero-order chi connectivity index (χ0) is 14.0. The number of hydrogen-bond acceptors (Lipinski definition) is 5. The second kappa shape index (κ2) is 5.17. The summed E-state index contributed by atoms with van der Waals surface area (Å²) in [7, 11) is -3.76. The van der Waals surface area contributed by atoms with Crippen LogP contribution in [0.5, 0.6) is 0 Å². The molecule has 4 N–H and O–H groups in total. The minimum Gasteiger partial charge on any atom is -0.398 e. The van der Waals surface area contributed by atoms with Gasteiger partial charge >= 0.3 is 0 Å². The number of aliphatic hydroxyl groups excluding tert-OH is 1. The lowest BCUT2D eigenvalue weighted by molar-refractivity contribution is 0.155. The zero-order valence-corrected chi connectivity index (χ0v) is 11.0. The first-order valence-electron chi connectivity index (χ1n) is 5.91. The number of nitrogens with two attached hydrogens (primary N) is 1. The van der Waals surface area contributed by atoms with E-state index < -0.39 is 16.1 Å². The maximum absolute atomic E-state index is 12.0. The van der Waals surface area contributed by atoms with Gasteiger partial charge in [-0.1, -0.05) is 0 Å². The van der Waals surface area contributed by atoms with Crippen LogP contribution >= 0.6 is 0 Å². The number of rotatable bonds is 5. The molecule has 1 saturated carbocycles. The van der Waals surface area contributed by atoms with E-state index in [0.29, 0.717) is 5.56 Å². The van der Waals surface area contributed by atoms with Crippen LogP contribution in [0.25, 0.3) is 0 Å². The van der Waals surface area contributed by atoms with Crippen molar-refractivity contribution in [2.24, 2.45) is 5.92 Å². The van der Waals surface area contributed by atoms with E-state index in [2.05, 4.69) is 4.72 Å². The number of sulfonamides is 1. The van der Waals surface area contributed by atoms with Crippen LogP contribution in [0.15, 0.2) is 23.1 Å². The second-order valence-corrected chi connectivity index (χ2v) is 6.36. The molecule has 2 rings (SSSR count). The molecule has 0 aliphatic heterocycles. The summed E-state index contributed by atoms with van der Waals surface area (Å²) in [5, 5.41) is 18.3. The van der Waals surface area contributed by atoms with E-state index in [1.165, 1.54) is 18.2 Å². The summed E-state index contributed by atoms with van der Waals surface area (Å²) in [5.41, 5.74) is 5.95. The minimum absolute atomic E-state index is 0.0208. The maximum atomic E-state index is 12.0. The third-order valence-corrected chi connectivity index (χ3v) is 4.57. The molecule has 0 saturated heterocycles. The largest absolute Gasteiger partial charge is 0.398 e. The first-order valence-corrected chi connectivity index (χ1v) is 7.39. The van der Waals surface area contributed by atoms with E-state index in [1.807, 2.05) is 6.07 Å². The van der Waals surface area contributed by atoms with Crippen molar-refractivity contribution >= 4 is 15.7 Å². The van der Waals surface area contributed by atoms with Crippen LogP contribution < -0.4 is 10.5 Å². The highest BCUT2D eigenvalue weighted by molar-refractivity contribution is 7.89. The molecular formula is C12H15N3O3S. The van der Waals surface area contributed by atoms with E-state index >= 15 is 0 Å². The SMILES string of the molecule is N#Cc1ccc(S(=O)(=O)NCC(O)C2CC2)c(N)c1. The molecule has 1 aliphatic carbocycles. The molecule has 0 heterocycles. The summed E-state index contributed by atoms with van der Waals surface area (Å²) in [5.74, 6) is 0.195. The molecule has 1 aromatic carbocycles. The van der Waals surface area contributed by atoms with Crippen LogP contribution in [-0.4, -0.2) is 26.2 Å². The highest BCUT2D eigenvalue weighted by Gasteiger charge is 2.30. The Bertz CT molecular complexity index is 618. The molecule has 19 heavy (non-hydrogen) atoms. The fraction of sp³-hybridized carbons (Fsp3) is 0.417. The number of nitriles is 1. The van der Waals surface area contributed by atoms with Crippen LogP contribution in [0.2, 0.25) is 0 Å². The second-order valence-electron chi connectivity index (χ2n) is 4.62. The summed E-state index contributed by atoms with van der Waals surface area (Å²) in [6.07, 6.45) is 1.21. The minimum atomic E-state index is -3.76. The molecular weight excluding hydrogens is 266 g/mol. The van der Waals surface area contributed by atoms with E-state index in [1.54, 1.807) is 0 Å². The topological polar surface area (TPSA) is 116 Å². The van der Waals surface area contributed by atoms with Gasteiger partial charge in [-0.25, -0.2) is 13.1 Å². The molecule has 102 valence electrons. The number of nitrogens with zero attached hydrogens (tertiary/aromatic N) is 1. The molecule has 0 amide bonds. The van der Waals surface area contributed by atoms with Gasteiger partial charge in [-0.2, -0.15) is 5.26 Å². The van der Waals surface area contributed by atoms with E-state index in [0.717, 1.165) is 12.8 Å². The fourth-order valence-electron chi connectivity index (χ4n) is 1.78. The van der Waals surface area contributed by atoms with Gasteiger partial charge in [0.2, 0.25) is 10.0 Å². The lowest BCUT2D eigenvalue weighted by Gasteiger charge is -2.12. The third-order valence-electron chi connectivity index (χ3n) is 3.08.